The lowest BCUT2D eigenvalue weighted by Crippen LogP contribution is -2.37. The third kappa shape index (κ3) is 4.31. The van der Waals surface area contributed by atoms with Gasteiger partial charge in [-0.1, -0.05) is 29.8 Å². The lowest BCUT2D eigenvalue weighted by Gasteiger charge is -2.14. The van der Waals surface area contributed by atoms with E-state index in [4.69, 9.17) is 11.6 Å². The smallest absolute Gasteiger partial charge is 0.315 e. The second-order valence-electron chi connectivity index (χ2n) is 6.75. The Morgan fingerprint density at radius 1 is 1.29 bits per heavy atom. The fraction of sp³-hybridized carbons (Fsp3) is 0.250. The molecule has 3 aromatic rings. The lowest BCUT2D eigenvalue weighted by molar-refractivity contribution is 0.236. The molecule has 6 nitrogen and oxygen atoms in total. The van der Waals surface area contributed by atoms with E-state index >= 15 is 0 Å². The molecule has 1 aromatic heterocycles. The van der Waals surface area contributed by atoms with Crippen LogP contribution in [-0.4, -0.2) is 20.8 Å². The Bertz CT molecular complexity index is 1010. The molecule has 0 spiro atoms. The summed E-state index contributed by atoms with van der Waals surface area (Å²) in [5.74, 6) is 0.206. The zero-order valence-corrected chi connectivity index (χ0v) is 15.8. The number of carbonyl (C=O) groups excluding carboxylic acids is 1. The minimum Gasteiger partial charge on any atom is -0.331 e. The predicted molar refractivity (Wildman–Crippen MR) is 103 cm³/mol. The number of nitrogens with zero attached hydrogens (tertiary/aromatic N) is 3. The Morgan fingerprint density at radius 3 is 3.04 bits per heavy atom. The van der Waals surface area contributed by atoms with Crippen LogP contribution in [0.25, 0.3) is 0 Å². The third-order valence-corrected chi connectivity index (χ3v) is 4.95. The second-order valence-corrected chi connectivity index (χ2v) is 7.19. The van der Waals surface area contributed by atoms with Crippen LogP contribution in [0, 0.1) is 5.82 Å². The zero-order valence-electron chi connectivity index (χ0n) is 15.0. The molecule has 1 aliphatic rings. The van der Waals surface area contributed by atoms with Crippen molar-refractivity contribution in [3.05, 3.63) is 82.1 Å². The molecule has 144 valence electrons. The van der Waals surface area contributed by atoms with Crippen LogP contribution in [-0.2, 0) is 19.5 Å². The molecule has 0 saturated heterocycles. The Morgan fingerprint density at radius 2 is 2.18 bits per heavy atom. The third-order valence-electron chi connectivity index (χ3n) is 4.71. The van der Waals surface area contributed by atoms with E-state index < -0.39 is 0 Å². The molecule has 0 radical (unpaired) electrons. The van der Waals surface area contributed by atoms with Crippen LogP contribution in [0.2, 0.25) is 5.02 Å². The number of amides is 2. The fourth-order valence-electron chi connectivity index (χ4n) is 3.42. The summed E-state index contributed by atoms with van der Waals surface area (Å²) in [4.78, 5) is 16.4. The summed E-state index contributed by atoms with van der Waals surface area (Å²) < 4.78 is 14.9. The van der Waals surface area contributed by atoms with E-state index in [2.05, 4.69) is 20.7 Å². The summed E-state index contributed by atoms with van der Waals surface area (Å²) in [5.41, 5.74) is 3.08. The van der Waals surface area contributed by atoms with Crippen LogP contribution in [0.5, 0.6) is 0 Å². The van der Waals surface area contributed by atoms with E-state index in [-0.39, 0.29) is 24.4 Å². The van der Waals surface area contributed by atoms with Gasteiger partial charge >= 0.3 is 6.03 Å². The number of aromatic nitrogens is 3. The first-order valence-electron chi connectivity index (χ1n) is 9.02. The van der Waals surface area contributed by atoms with Gasteiger partial charge in [-0.3, -0.25) is 0 Å². The van der Waals surface area contributed by atoms with Gasteiger partial charge in [0.1, 0.15) is 12.1 Å². The van der Waals surface area contributed by atoms with Gasteiger partial charge in [-0.2, -0.15) is 5.10 Å². The number of aryl methyl sites for hydroxylation is 1. The largest absolute Gasteiger partial charge is 0.331 e. The summed E-state index contributed by atoms with van der Waals surface area (Å²) in [6.07, 6.45) is 3.31. The van der Waals surface area contributed by atoms with Crippen molar-refractivity contribution in [1.82, 2.24) is 25.4 Å². The molecule has 0 unspecified atom stereocenters. The molecule has 1 heterocycles. The van der Waals surface area contributed by atoms with E-state index in [0.29, 0.717) is 17.4 Å². The summed E-state index contributed by atoms with van der Waals surface area (Å²) in [7, 11) is 0. The number of benzene rings is 2. The molecule has 0 saturated carbocycles. The number of rotatable bonds is 5. The van der Waals surface area contributed by atoms with Crippen LogP contribution in [0.1, 0.15) is 35.0 Å². The average molecular weight is 400 g/mol. The van der Waals surface area contributed by atoms with Crippen molar-refractivity contribution in [1.29, 1.82) is 0 Å². The number of urea groups is 1. The van der Waals surface area contributed by atoms with Gasteiger partial charge in [0.15, 0.2) is 5.82 Å². The number of nitrogens with one attached hydrogen (secondary N) is 2. The SMILES string of the molecule is O=C(NCc1ncn(Cc2cccc(F)c2)n1)N[C@@H]1CCc2cc(Cl)ccc21. The normalized spacial score (nSPS) is 15.3. The highest BCUT2D eigenvalue weighted by Gasteiger charge is 2.24. The predicted octanol–water partition coefficient (Wildman–Crippen LogP) is 3.61. The van der Waals surface area contributed by atoms with Crippen molar-refractivity contribution >= 4 is 17.6 Å². The first-order valence-corrected chi connectivity index (χ1v) is 9.40. The van der Waals surface area contributed by atoms with Crippen molar-refractivity contribution < 1.29 is 9.18 Å². The van der Waals surface area contributed by atoms with E-state index in [1.807, 2.05) is 24.3 Å². The first kappa shape index (κ1) is 18.4. The number of halogens is 2. The van der Waals surface area contributed by atoms with Gasteiger partial charge in [-0.25, -0.2) is 18.9 Å². The molecule has 1 atom stereocenters. The van der Waals surface area contributed by atoms with Crippen LogP contribution < -0.4 is 10.6 Å². The molecule has 0 bridgehead atoms. The Hall–Kier alpha value is -2.93. The quantitative estimate of drug-likeness (QED) is 0.688. The van der Waals surface area contributed by atoms with Gasteiger partial charge in [0, 0.05) is 5.02 Å². The topological polar surface area (TPSA) is 71.8 Å². The monoisotopic (exact) mass is 399 g/mol. The molecule has 2 N–H and O–H groups in total. The average Bonchev–Trinajstić information content (AvgIpc) is 3.27. The van der Waals surface area contributed by atoms with Crippen LogP contribution in [0.15, 0.2) is 48.8 Å². The highest BCUT2D eigenvalue weighted by molar-refractivity contribution is 6.30. The number of hydrogen-bond acceptors (Lipinski definition) is 3. The molecule has 0 aliphatic heterocycles. The van der Waals surface area contributed by atoms with Crippen LogP contribution >= 0.6 is 11.6 Å². The Labute approximate surface area is 166 Å². The van der Waals surface area contributed by atoms with Crippen LogP contribution in [0.4, 0.5) is 9.18 Å². The van der Waals surface area contributed by atoms with Gasteiger partial charge in [0.25, 0.3) is 0 Å². The van der Waals surface area contributed by atoms with Crippen molar-refractivity contribution in [2.45, 2.75) is 32.0 Å². The number of carbonyl (C=O) groups is 1. The van der Waals surface area contributed by atoms with Crippen molar-refractivity contribution in [2.75, 3.05) is 0 Å². The maximum atomic E-state index is 13.3. The molecule has 2 aromatic carbocycles. The standard InChI is InChI=1S/C20H19ClFN5O/c21-15-5-6-17-14(9-15)4-7-18(17)25-20(28)23-10-19-24-12-27(26-19)11-13-2-1-3-16(22)8-13/h1-3,5-6,8-9,12,18H,4,7,10-11H2,(H2,23,25,28)/t18-/m1/s1. The maximum absolute atomic E-state index is 13.3. The van der Waals surface area contributed by atoms with Gasteiger partial charge < -0.3 is 10.6 Å². The van der Waals surface area contributed by atoms with Crippen molar-refractivity contribution in [2.24, 2.45) is 0 Å². The second kappa shape index (κ2) is 7.98. The molecule has 8 heteroatoms. The minimum atomic E-state index is -0.285. The van der Waals surface area contributed by atoms with Gasteiger partial charge in [0.2, 0.25) is 0 Å². The van der Waals surface area contributed by atoms with Crippen molar-refractivity contribution in [3.8, 4) is 0 Å². The van der Waals surface area contributed by atoms with E-state index in [9.17, 15) is 9.18 Å². The molecule has 4 rings (SSSR count). The molecule has 1 aliphatic carbocycles. The molecular weight excluding hydrogens is 381 g/mol. The lowest BCUT2D eigenvalue weighted by atomic mass is 10.1. The summed E-state index contributed by atoms with van der Waals surface area (Å²) in [6.45, 7) is 0.626. The number of hydrogen-bond donors (Lipinski definition) is 2. The fourth-order valence-corrected chi connectivity index (χ4v) is 3.61. The highest BCUT2D eigenvalue weighted by atomic mass is 35.5. The first-order chi connectivity index (χ1) is 13.6. The van der Waals surface area contributed by atoms with E-state index in [0.717, 1.165) is 24.0 Å². The highest BCUT2D eigenvalue weighted by Crippen LogP contribution is 2.32. The molecule has 2 amide bonds. The van der Waals surface area contributed by atoms with Crippen molar-refractivity contribution in [3.63, 3.8) is 0 Å². The zero-order chi connectivity index (χ0) is 19.5. The number of fused-ring (bicyclic) bond motifs is 1. The Balaban J connectivity index is 1.29. The van der Waals surface area contributed by atoms with E-state index in [1.165, 1.54) is 17.7 Å². The molecule has 0 fully saturated rings. The maximum Gasteiger partial charge on any atom is 0.315 e. The summed E-state index contributed by atoms with van der Waals surface area (Å²) >= 11 is 6.02. The van der Waals surface area contributed by atoms with Gasteiger partial charge in [-0.15, -0.1) is 0 Å². The minimum absolute atomic E-state index is 0.0224. The molecule has 28 heavy (non-hydrogen) atoms. The summed E-state index contributed by atoms with van der Waals surface area (Å²) in [6, 6.07) is 11.8. The Kier molecular flexibility index (Phi) is 5.25. The van der Waals surface area contributed by atoms with Crippen LogP contribution in [0.3, 0.4) is 0 Å². The van der Waals surface area contributed by atoms with E-state index in [1.54, 1.807) is 17.1 Å². The summed E-state index contributed by atoms with van der Waals surface area (Å²) in [5, 5.41) is 10.8. The molecular formula is C20H19ClFN5O. The van der Waals surface area contributed by atoms with Gasteiger partial charge in [0.05, 0.1) is 19.1 Å². The van der Waals surface area contributed by atoms with Gasteiger partial charge in [-0.05, 0) is 53.8 Å².